The third-order valence-electron chi connectivity index (χ3n) is 2.18. The van der Waals surface area contributed by atoms with Crippen molar-refractivity contribution in [3.8, 4) is 10.9 Å². The summed E-state index contributed by atoms with van der Waals surface area (Å²) < 4.78 is 5.44. The highest BCUT2D eigenvalue weighted by atomic mass is 32.1. The molecule has 2 aromatic heterocycles. The van der Waals surface area contributed by atoms with Gasteiger partial charge in [0.1, 0.15) is 0 Å². The normalized spacial score (nSPS) is 10.2. The van der Waals surface area contributed by atoms with Crippen LogP contribution in [0.5, 0.6) is 10.9 Å². The number of aromatic carboxylic acids is 1. The van der Waals surface area contributed by atoms with E-state index in [0.717, 1.165) is 10.6 Å². The minimum Gasteiger partial charge on any atom is -0.476 e. The highest BCUT2D eigenvalue weighted by Crippen LogP contribution is 2.29. The summed E-state index contributed by atoms with van der Waals surface area (Å²) in [7, 11) is 0. The first kappa shape index (κ1) is 11.5. The molecule has 0 bridgehead atoms. The van der Waals surface area contributed by atoms with Crippen LogP contribution in [0.25, 0.3) is 0 Å². The van der Waals surface area contributed by atoms with Crippen LogP contribution in [-0.2, 0) is 0 Å². The molecule has 0 amide bonds. The second-order valence-electron chi connectivity index (χ2n) is 3.38. The van der Waals surface area contributed by atoms with Crippen LogP contribution in [0.3, 0.4) is 0 Å². The van der Waals surface area contributed by atoms with Gasteiger partial charge in [0.25, 0.3) is 5.19 Å². The van der Waals surface area contributed by atoms with Gasteiger partial charge in [0.15, 0.2) is 11.4 Å². The monoisotopic (exact) mass is 250 g/mol. The van der Waals surface area contributed by atoms with E-state index in [2.05, 4.69) is 9.97 Å². The first-order valence-corrected chi connectivity index (χ1v) is 5.70. The van der Waals surface area contributed by atoms with Crippen LogP contribution < -0.4 is 4.74 Å². The van der Waals surface area contributed by atoms with Crippen LogP contribution in [0.4, 0.5) is 0 Å². The number of nitrogens with zero attached hydrogens (tertiary/aromatic N) is 2. The average Bonchev–Trinajstić information content (AvgIpc) is 2.58. The number of carboxylic acids is 1. The molecule has 2 aromatic rings. The SMILES string of the molecule is Cc1nc(Oc2cccnc2C(=O)O)sc1C. The third-order valence-corrected chi connectivity index (χ3v) is 3.13. The zero-order chi connectivity index (χ0) is 12.4. The summed E-state index contributed by atoms with van der Waals surface area (Å²) in [6.45, 7) is 3.81. The van der Waals surface area contributed by atoms with Gasteiger partial charge in [0.05, 0.1) is 5.69 Å². The molecule has 0 spiro atoms. The molecule has 88 valence electrons. The molecule has 0 saturated carbocycles. The van der Waals surface area contributed by atoms with Crippen molar-refractivity contribution in [2.45, 2.75) is 13.8 Å². The van der Waals surface area contributed by atoms with Crippen LogP contribution in [0.1, 0.15) is 21.1 Å². The lowest BCUT2D eigenvalue weighted by Crippen LogP contribution is -2.02. The molecule has 5 nitrogen and oxygen atoms in total. The minimum atomic E-state index is -1.12. The van der Waals surface area contributed by atoms with E-state index in [1.807, 2.05) is 13.8 Å². The highest BCUT2D eigenvalue weighted by molar-refractivity contribution is 7.13. The zero-order valence-electron chi connectivity index (χ0n) is 9.30. The van der Waals surface area contributed by atoms with Gasteiger partial charge in [-0.1, -0.05) is 11.3 Å². The maximum absolute atomic E-state index is 10.9. The fourth-order valence-corrected chi connectivity index (χ4v) is 1.98. The highest BCUT2D eigenvalue weighted by Gasteiger charge is 2.14. The predicted molar refractivity (Wildman–Crippen MR) is 62.9 cm³/mol. The van der Waals surface area contributed by atoms with E-state index >= 15 is 0 Å². The van der Waals surface area contributed by atoms with E-state index in [-0.39, 0.29) is 11.4 Å². The second-order valence-corrected chi connectivity index (χ2v) is 4.54. The number of thiazole rings is 1. The number of hydrogen-bond donors (Lipinski definition) is 1. The molecule has 2 rings (SSSR count). The van der Waals surface area contributed by atoms with Crippen LogP contribution in [0, 0.1) is 13.8 Å². The molecule has 0 aliphatic carbocycles. The van der Waals surface area contributed by atoms with Crippen molar-refractivity contribution in [1.29, 1.82) is 0 Å². The van der Waals surface area contributed by atoms with Gasteiger partial charge in [0.2, 0.25) is 0 Å². The van der Waals surface area contributed by atoms with Gasteiger partial charge in [-0.15, -0.1) is 0 Å². The van der Waals surface area contributed by atoms with Gasteiger partial charge >= 0.3 is 5.97 Å². The number of carbonyl (C=O) groups is 1. The smallest absolute Gasteiger partial charge is 0.358 e. The van der Waals surface area contributed by atoms with Crippen molar-refractivity contribution in [2.75, 3.05) is 0 Å². The molecule has 0 aromatic carbocycles. The number of aromatic nitrogens is 2. The lowest BCUT2D eigenvalue weighted by Gasteiger charge is -2.03. The fraction of sp³-hybridized carbons (Fsp3) is 0.182. The molecule has 0 aliphatic rings. The number of carboxylic acid groups (broad SMARTS) is 1. The summed E-state index contributed by atoms with van der Waals surface area (Å²) in [5, 5.41) is 9.37. The Hall–Kier alpha value is -1.95. The lowest BCUT2D eigenvalue weighted by atomic mass is 10.3. The molecule has 0 unspecified atom stereocenters. The quantitative estimate of drug-likeness (QED) is 0.906. The molecule has 1 N–H and O–H groups in total. The Bertz CT molecular complexity index is 546. The lowest BCUT2D eigenvalue weighted by molar-refractivity contribution is 0.0687. The molecule has 0 atom stereocenters. The van der Waals surface area contributed by atoms with Crippen LogP contribution in [0.15, 0.2) is 18.3 Å². The average molecular weight is 250 g/mol. The maximum Gasteiger partial charge on any atom is 0.358 e. The van der Waals surface area contributed by atoms with Crippen LogP contribution >= 0.6 is 11.3 Å². The van der Waals surface area contributed by atoms with Gasteiger partial charge in [0, 0.05) is 11.1 Å². The van der Waals surface area contributed by atoms with E-state index in [1.165, 1.54) is 17.5 Å². The number of rotatable bonds is 3. The summed E-state index contributed by atoms with van der Waals surface area (Å²) in [5.74, 6) is -0.917. The van der Waals surface area contributed by atoms with E-state index in [4.69, 9.17) is 9.84 Å². The van der Waals surface area contributed by atoms with Crippen molar-refractivity contribution in [2.24, 2.45) is 0 Å². The Kier molecular flexibility index (Phi) is 3.06. The van der Waals surface area contributed by atoms with Gasteiger partial charge in [-0.05, 0) is 26.0 Å². The molecular formula is C11H10N2O3S. The van der Waals surface area contributed by atoms with E-state index < -0.39 is 5.97 Å². The molecule has 6 heteroatoms. The van der Waals surface area contributed by atoms with Gasteiger partial charge in [-0.2, -0.15) is 0 Å². The largest absolute Gasteiger partial charge is 0.476 e. The topological polar surface area (TPSA) is 72.3 Å². The van der Waals surface area contributed by atoms with Gasteiger partial charge in [-0.3, -0.25) is 0 Å². The van der Waals surface area contributed by atoms with Crippen molar-refractivity contribution < 1.29 is 14.6 Å². The second kappa shape index (κ2) is 4.50. The maximum atomic E-state index is 10.9. The van der Waals surface area contributed by atoms with Crippen LogP contribution in [-0.4, -0.2) is 21.0 Å². The molecule has 17 heavy (non-hydrogen) atoms. The van der Waals surface area contributed by atoms with Gasteiger partial charge in [-0.25, -0.2) is 14.8 Å². The molecule has 0 fully saturated rings. The Labute approximate surface area is 102 Å². The number of aryl methyl sites for hydroxylation is 2. The number of ether oxygens (including phenoxy) is 1. The summed E-state index contributed by atoms with van der Waals surface area (Å²) in [6.07, 6.45) is 1.41. The molecule has 2 heterocycles. The molecule has 0 saturated heterocycles. The summed E-state index contributed by atoms with van der Waals surface area (Å²) in [4.78, 5) is 19.9. The first-order valence-electron chi connectivity index (χ1n) is 4.88. The minimum absolute atomic E-state index is 0.113. The predicted octanol–water partition coefficient (Wildman–Crippen LogP) is 2.65. The molecule has 0 radical (unpaired) electrons. The van der Waals surface area contributed by atoms with Crippen molar-refractivity contribution in [3.63, 3.8) is 0 Å². The van der Waals surface area contributed by atoms with Crippen LogP contribution in [0.2, 0.25) is 0 Å². The summed E-state index contributed by atoms with van der Waals surface area (Å²) >= 11 is 1.38. The molecular weight excluding hydrogens is 240 g/mol. The Morgan fingerprint density at radius 2 is 2.24 bits per heavy atom. The number of hydrogen-bond acceptors (Lipinski definition) is 5. The third kappa shape index (κ3) is 2.42. The number of pyridine rings is 1. The van der Waals surface area contributed by atoms with E-state index in [0.29, 0.717) is 5.19 Å². The van der Waals surface area contributed by atoms with Gasteiger partial charge < -0.3 is 9.84 Å². The van der Waals surface area contributed by atoms with Crippen molar-refractivity contribution in [1.82, 2.24) is 9.97 Å². The van der Waals surface area contributed by atoms with Crippen molar-refractivity contribution in [3.05, 3.63) is 34.6 Å². The Morgan fingerprint density at radius 3 is 2.82 bits per heavy atom. The molecule has 0 aliphatic heterocycles. The fourth-order valence-electron chi connectivity index (χ4n) is 1.21. The Morgan fingerprint density at radius 1 is 1.47 bits per heavy atom. The van der Waals surface area contributed by atoms with Crippen molar-refractivity contribution >= 4 is 17.3 Å². The Balaban J connectivity index is 2.33. The zero-order valence-corrected chi connectivity index (χ0v) is 10.1. The first-order chi connectivity index (χ1) is 8.08. The summed E-state index contributed by atoms with van der Waals surface area (Å²) in [5.41, 5.74) is 0.767. The summed E-state index contributed by atoms with van der Waals surface area (Å²) in [6, 6.07) is 3.18. The van der Waals surface area contributed by atoms with E-state index in [9.17, 15) is 4.79 Å². The standard InChI is InChI=1S/C11H10N2O3S/c1-6-7(2)17-11(13-6)16-8-4-3-5-12-9(8)10(14)15/h3-5H,1-2H3,(H,14,15). The van der Waals surface area contributed by atoms with E-state index in [1.54, 1.807) is 12.1 Å².